The van der Waals surface area contributed by atoms with Crippen LogP contribution in [0.2, 0.25) is 0 Å². The van der Waals surface area contributed by atoms with Crippen LogP contribution in [0.15, 0.2) is 17.5 Å². The van der Waals surface area contributed by atoms with Crippen LogP contribution in [0.3, 0.4) is 0 Å². The van der Waals surface area contributed by atoms with Gasteiger partial charge in [0.15, 0.2) is 5.11 Å². The first-order valence-corrected chi connectivity index (χ1v) is 4.97. The van der Waals surface area contributed by atoms with E-state index in [0.717, 1.165) is 0 Å². The van der Waals surface area contributed by atoms with Gasteiger partial charge in [0.2, 0.25) is 0 Å². The molecule has 0 saturated heterocycles. The summed E-state index contributed by atoms with van der Waals surface area (Å²) in [6, 6.07) is 4.40. The van der Waals surface area contributed by atoms with Gasteiger partial charge >= 0.3 is 0 Å². The normalized spacial score (nSPS) is 12.5. The molecule has 0 aromatic carbocycles. The summed E-state index contributed by atoms with van der Waals surface area (Å²) in [6.07, 6.45) is 0. The number of hydrogen-bond donors (Lipinski definition) is 1. The molecule has 1 heterocycles. The van der Waals surface area contributed by atoms with Crippen LogP contribution in [0.4, 0.5) is 0 Å². The van der Waals surface area contributed by atoms with Gasteiger partial charge in [-0.15, -0.1) is 11.3 Å². The van der Waals surface area contributed by atoms with E-state index in [9.17, 15) is 0 Å². The number of nitrogens with two attached hydrogens (primary N) is 1. The molecule has 0 fully saturated rings. The van der Waals surface area contributed by atoms with Crippen molar-refractivity contribution >= 4 is 28.7 Å². The minimum Gasteiger partial charge on any atom is -0.376 e. The highest BCUT2D eigenvalue weighted by Gasteiger charge is 2.12. The molecule has 1 rings (SSSR count). The van der Waals surface area contributed by atoms with Crippen molar-refractivity contribution in [3.8, 4) is 0 Å². The van der Waals surface area contributed by atoms with Gasteiger partial charge in [-0.25, -0.2) is 0 Å². The van der Waals surface area contributed by atoms with Gasteiger partial charge in [0.25, 0.3) is 0 Å². The molecule has 0 radical (unpaired) electrons. The lowest BCUT2D eigenvalue weighted by molar-refractivity contribution is 0.411. The Labute approximate surface area is 82.0 Å². The third-order valence-electron chi connectivity index (χ3n) is 1.88. The van der Waals surface area contributed by atoms with Crippen LogP contribution in [0.5, 0.6) is 0 Å². The smallest absolute Gasteiger partial charge is 0.166 e. The highest BCUT2D eigenvalue weighted by atomic mass is 32.1. The highest BCUT2D eigenvalue weighted by Crippen LogP contribution is 2.22. The zero-order chi connectivity index (χ0) is 9.14. The molecular formula is C8H12N2S2. The van der Waals surface area contributed by atoms with Crippen molar-refractivity contribution in [3.63, 3.8) is 0 Å². The summed E-state index contributed by atoms with van der Waals surface area (Å²) in [7, 11) is 1.91. The van der Waals surface area contributed by atoms with E-state index < -0.39 is 0 Å². The van der Waals surface area contributed by atoms with Gasteiger partial charge in [0.1, 0.15) is 0 Å². The summed E-state index contributed by atoms with van der Waals surface area (Å²) in [5.74, 6) is 0. The van der Waals surface area contributed by atoms with E-state index in [-0.39, 0.29) is 6.04 Å². The van der Waals surface area contributed by atoms with E-state index in [1.165, 1.54) is 4.88 Å². The second-order valence-corrected chi connectivity index (χ2v) is 4.04. The maximum absolute atomic E-state index is 5.50. The van der Waals surface area contributed by atoms with E-state index in [2.05, 4.69) is 18.4 Å². The van der Waals surface area contributed by atoms with Gasteiger partial charge in [-0.3, -0.25) is 0 Å². The van der Waals surface area contributed by atoms with Crippen molar-refractivity contribution in [2.75, 3.05) is 7.05 Å². The van der Waals surface area contributed by atoms with Crippen LogP contribution in [0.25, 0.3) is 0 Å². The maximum atomic E-state index is 5.50. The average Bonchev–Trinajstić information content (AvgIpc) is 2.53. The minimum absolute atomic E-state index is 0.280. The first-order chi connectivity index (χ1) is 5.63. The maximum Gasteiger partial charge on any atom is 0.166 e. The fraction of sp³-hybridized carbons (Fsp3) is 0.375. The van der Waals surface area contributed by atoms with Crippen LogP contribution in [-0.2, 0) is 0 Å². The summed E-state index contributed by atoms with van der Waals surface area (Å²) in [5.41, 5.74) is 5.50. The predicted molar refractivity (Wildman–Crippen MR) is 57.3 cm³/mol. The molecule has 1 aromatic rings. The Bertz CT molecular complexity index is 256. The number of rotatable bonds is 2. The van der Waals surface area contributed by atoms with Gasteiger partial charge in [-0.1, -0.05) is 6.07 Å². The Kier molecular flexibility index (Phi) is 3.05. The molecule has 1 unspecified atom stereocenters. The van der Waals surface area contributed by atoms with Gasteiger partial charge in [-0.2, -0.15) is 0 Å². The average molecular weight is 200 g/mol. The lowest BCUT2D eigenvalue weighted by atomic mass is 10.2. The number of nitrogens with zero attached hydrogens (tertiary/aromatic N) is 1. The zero-order valence-corrected chi connectivity index (χ0v) is 8.78. The highest BCUT2D eigenvalue weighted by molar-refractivity contribution is 7.80. The summed E-state index contributed by atoms with van der Waals surface area (Å²) >= 11 is 6.60. The molecule has 1 atom stereocenters. The third-order valence-corrected chi connectivity index (χ3v) is 3.21. The molecule has 1 aromatic heterocycles. The Morgan fingerprint density at radius 1 is 1.75 bits per heavy atom. The Morgan fingerprint density at radius 3 is 2.83 bits per heavy atom. The number of thiophene rings is 1. The second kappa shape index (κ2) is 3.87. The van der Waals surface area contributed by atoms with Gasteiger partial charge in [0, 0.05) is 11.9 Å². The van der Waals surface area contributed by atoms with E-state index >= 15 is 0 Å². The summed E-state index contributed by atoms with van der Waals surface area (Å²) in [6.45, 7) is 2.09. The van der Waals surface area contributed by atoms with E-state index in [1.54, 1.807) is 11.3 Å². The number of hydrogen-bond acceptors (Lipinski definition) is 2. The van der Waals surface area contributed by atoms with Crippen LogP contribution in [-0.4, -0.2) is 17.1 Å². The lowest BCUT2D eigenvalue weighted by Gasteiger charge is -2.23. The van der Waals surface area contributed by atoms with Crippen LogP contribution >= 0.6 is 23.6 Å². The molecule has 0 bridgehead atoms. The molecular weight excluding hydrogens is 188 g/mol. The van der Waals surface area contributed by atoms with Crippen molar-refractivity contribution in [3.05, 3.63) is 22.4 Å². The van der Waals surface area contributed by atoms with E-state index in [0.29, 0.717) is 5.11 Å². The predicted octanol–water partition coefficient (Wildman–Crippen LogP) is 1.98. The molecule has 12 heavy (non-hydrogen) atoms. The Morgan fingerprint density at radius 2 is 2.42 bits per heavy atom. The molecule has 0 spiro atoms. The monoisotopic (exact) mass is 200 g/mol. The topological polar surface area (TPSA) is 29.3 Å². The molecule has 4 heteroatoms. The first-order valence-electron chi connectivity index (χ1n) is 3.68. The zero-order valence-electron chi connectivity index (χ0n) is 7.15. The molecule has 0 saturated carbocycles. The first kappa shape index (κ1) is 9.48. The van der Waals surface area contributed by atoms with Crippen LogP contribution in [0.1, 0.15) is 17.8 Å². The summed E-state index contributed by atoms with van der Waals surface area (Å²) in [5, 5.41) is 2.50. The van der Waals surface area contributed by atoms with Gasteiger partial charge in [0.05, 0.1) is 6.04 Å². The summed E-state index contributed by atoms with van der Waals surface area (Å²) < 4.78 is 0. The van der Waals surface area contributed by atoms with Crippen molar-refractivity contribution in [2.24, 2.45) is 5.73 Å². The molecule has 0 aliphatic heterocycles. The minimum atomic E-state index is 0.280. The number of thiocarbonyl (C=S) groups is 1. The van der Waals surface area contributed by atoms with Crippen molar-refractivity contribution in [1.29, 1.82) is 0 Å². The van der Waals surface area contributed by atoms with E-state index in [1.807, 2.05) is 18.0 Å². The SMILES string of the molecule is CC(c1cccs1)N(C)C(N)=S. The van der Waals surface area contributed by atoms with Gasteiger partial charge < -0.3 is 10.6 Å². The Balaban J connectivity index is 2.71. The van der Waals surface area contributed by atoms with Crippen molar-refractivity contribution in [2.45, 2.75) is 13.0 Å². The third kappa shape index (κ3) is 1.95. The molecule has 2 N–H and O–H groups in total. The van der Waals surface area contributed by atoms with Crippen molar-refractivity contribution < 1.29 is 0 Å². The quantitative estimate of drug-likeness (QED) is 0.740. The molecule has 2 nitrogen and oxygen atoms in total. The molecule has 66 valence electrons. The standard InChI is InChI=1S/C8H12N2S2/c1-6(10(2)8(9)11)7-4-3-5-12-7/h3-6H,1-2H3,(H2,9,11). The molecule has 0 aliphatic carbocycles. The molecule has 0 amide bonds. The summed E-state index contributed by atoms with van der Waals surface area (Å²) in [4.78, 5) is 3.17. The van der Waals surface area contributed by atoms with Crippen LogP contribution < -0.4 is 5.73 Å². The van der Waals surface area contributed by atoms with Crippen molar-refractivity contribution in [1.82, 2.24) is 4.90 Å². The van der Waals surface area contributed by atoms with E-state index in [4.69, 9.17) is 18.0 Å². The fourth-order valence-corrected chi connectivity index (χ4v) is 1.90. The molecule has 0 aliphatic rings. The largest absolute Gasteiger partial charge is 0.376 e. The second-order valence-electron chi connectivity index (χ2n) is 2.64. The fourth-order valence-electron chi connectivity index (χ4n) is 0.911. The van der Waals surface area contributed by atoms with Crippen LogP contribution in [0, 0.1) is 0 Å². The van der Waals surface area contributed by atoms with Gasteiger partial charge in [-0.05, 0) is 30.6 Å². The lowest BCUT2D eigenvalue weighted by Crippen LogP contribution is -2.33. The Hall–Kier alpha value is -0.610.